The lowest BCUT2D eigenvalue weighted by molar-refractivity contribution is -0.150. The van der Waals surface area contributed by atoms with Crippen LogP contribution >= 0.6 is 0 Å². The highest BCUT2D eigenvalue weighted by atomic mass is 16.4. The van der Waals surface area contributed by atoms with Crippen LogP contribution in [0.3, 0.4) is 0 Å². The van der Waals surface area contributed by atoms with Crippen LogP contribution in [0.2, 0.25) is 0 Å². The van der Waals surface area contributed by atoms with Crippen molar-refractivity contribution in [3.8, 4) is 0 Å². The first-order valence-corrected chi connectivity index (χ1v) is 7.68. The average molecular weight is 284 g/mol. The Hall–Kier alpha value is -1.10. The molecule has 5 heteroatoms. The minimum atomic E-state index is -0.881. The van der Waals surface area contributed by atoms with Crippen LogP contribution in [-0.2, 0) is 9.59 Å². The van der Waals surface area contributed by atoms with Crippen molar-refractivity contribution in [3.05, 3.63) is 0 Å². The number of nitrogens with zero attached hydrogens (tertiary/aromatic N) is 1. The normalized spacial score (nSPS) is 21.6. The van der Waals surface area contributed by atoms with Crippen LogP contribution < -0.4 is 5.73 Å². The van der Waals surface area contributed by atoms with Gasteiger partial charge in [0.05, 0.1) is 0 Å². The number of carbonyl (C=O) groups is 2. The molecule has 1 heterocycles. The molecule has 1 aliphatic heterocycles. The molecule has 2 atom stereocenters. The lowest BCUT2D eigenvalue weighted by Crippen LogP contribution is -2.45. The van der Waals surface area contributed by atoms with Crippen molar-refractivity contribution in [2.75, 3.05) is 13.1 Å². The van der Waals surface area contributed by atoms with Gasteiger partial charge in [0, 0.05) is 13.0 Å². The second kappa shape index (κ2) is 8.25. The van der Waals surface area contributed by atoms with Gasteiger partial charge in [-0.25, -0.2) is 4.79 Å². The van der Waals surface area contributed by atoms with E-state index in [1.807, 2.05) is 0 Å². The zero-order valence-electron chi connectivity index (χ0n) is 12.7. The minimum Gasteiger partial charge on any atom is -0.480 e. The Balaban J connectivity index is 2.68. The van der Waals surface area contributed by atoms with E-state index >= 15 is 0 Å². The maximum Gasteiger partial charge on any atom is 0.326 e. The molecule has 1 saturated heterocycles. The van der Waals surface area contributed by atoms with Crippen molar-refractivity contribution in [1.29, 1.82) is 0 Å². The topological polar surface area (TPSA) is 83.6 Å². The Labute approximate surface area is 121 Å². The smallest absolute Gasteiger partial charge is 0.326 e. The molecule has 0 aromatic rings. The standard InChI is InChI=1S/C15H28N2O3/c1-11(2)8-12(10-16)9-14(18)17-7-5-3-4-6-13(17)15(19)20/h11-13H,3-10,16H2,1-2H3,(H,19,20). The zero-order chi connectivity index (χ0) is 15.1. The molecule has 0 saturated carbocycles. The van der Waals surface area contributed by atoms with E-state index in [9.17, 15) is 14.7 Å². The molecule has 0 bridgehead atoms. The van der Waals surface area contributed by atoms with Gasteiger partial charge in [-0.15, -0.1) is 0 Å². The van der Waals surface area contributed by atoms with E-state index in [1.165, 1.54) is 0 Å². The lowest BCUT2D eigenvalue weighted by atomic mass is 9.93. The number of amides is 1. The van der Waals surface area contributed by atoms with Crippen LogP contribution in [0.25, 0.3) is 0 Å². The Kier molecular flexibility index (Phi) is 6.99. The number of carboxylic acids is 1. The Morgan fingerprint density at radius 1 is 1.30 bits per heavy atom. The summed E-state index contributed by atoms with van der Waals surface area (Å²) in [6.07, 6.45) is 4.63. The van der Waals surface area contributed by atoms with Gasteiger partial charge in [-0.2, -0.15) is 0 Å². The largest absolute Gasteiger partial charge is 0.480 e. The Bertz CT molecular complexity index is 331. The van der Waals surface area contributed by atoms with E-state index in [0.717, 1.165) is 25.7 Å². The highest BCUT2D eigenvalue weighted by Crippen LogP contribution is 2.21. The number of carboxylic acid groups (broad SMARTS) is 1. The van der Waals surface area contributed by atoms with Crippen molar-refractivity contribution >= 4 is 11.9 Å². The molecule has 0 spiro atoms. The van der Waals surface area contributed by atoms with Gasteiger partial charge in [0.1, 0.15) is 6.04 Å². The number of nitrogens with two attached hydrogens (primary N) is 1. The van der Waals surface area contributed by atoms with Gasteiger partial charge in [0.15, 0.2) is 0 Å². The molecule has 20 heavy (non-hydrogen) atoms. The van der Waals surface area contributed by atoms with Crippen molar-refractivity contribution < 1.29 is 14.7 Å². The van der Waals surface area contributed by atoms with Gasteiger partial charge in [-0.1, -0.05) is 26.7 Å². The first kappa shape index (κ1) is 17.0. The number of hydrogen-bond acceptors (Lipinski definition) is 3. The summed E-state index contributed by atoms with van der Waals surface area (Å²) in [5.74, 6) is -0.278. The molecule has 0 aromatic carbocycles. The summed E-state index contributed by atoms with van der Waals surface area (Å²) >= 11 is 0. The maximum atomic E-state index is 12.4. The first-order valence-electron chi connectivity index (χ1n) is 7.68. The third-order valence-corrected chi connectivity index (χ3v) is 3.96. The molecule has 1 fully saturated rings. The van der Waals surface area contributed by atoms with Crippen molar-refractivity contribution in [3.63, 3.8) is 0 Å². The maximum absolute atomic E-state index is 12.4. The van der Waals surface area contributed by atoms with Crippen molar-refractivity contribution in [2.24, 2.45) is 17.6 Å². The number of rotatable bonds is 6. The number of hydrogen-bond donors (Lipinski definition) is 2. The molecule has 3 N–H and O–H groups in total. The Morgan fingerprint density at radius 3 is 2.55 bits per heavy atom. The predicted molar refractivity (Wildman–Crippen MR) is 78.2 cm³/mol. The van der Waals surface area contributed by atoms with Crippen LogP contribution in [0.4, 0.5) is 0 Å². The summed E-state index contributed by atoms with van der Waals surface area (Å²) in [4.78, 5) is 25.3. The van der Waals surface area contributed by atoms with E-state index in [2.05, 4.69) is 13.8 Å². The fourth-order valence-electron chi connectivity index (χ4n) is 2.96. The number of likely N-dealkylation sites (tertiary alicyclic amines) is 1. The van der Waals surface area contributed by atoms with Crippen molar-refractivity contribution in [2.45, 2.75) is 58.4 Å². The first-order chi connectivity index (χ1) is 9.45. The molecule has 2 unspecified atom stereocenters. The summed E-state index contributed by atoms with van der Waals surface area (Å²) < 4.78 is 0. The summed E-state index contributed by atoms with van der Waals surface area (Å²) in [5.41, 5.74) is 5.74. The molecular weight excluding hydrogens is 256 g/mol. The quantitative estimate of drug-likeness (QED) is 0.779. The van der Waals surface area contributed by atoms with E-state index in [-0.39, 0.29) is 11.8 Å². The molecule has 1 amide bonds. The highest BCUT2D eigenvalue weighted by molar-refractivity contribution is 5.83. The molecule has 116 valence electrons. The van der Waals surface area contributed by atoms with Crippen LogP contribution in [-0.4, -0.2) is 41.0 Å². The summed E-state index contributed by atoms with van der Waals surface area (Å²) in [5, 5.41) is 9.30. The minimum absolute atomic E-state index is 0.0459. The van der Waals surface area contributed by atoms with E-state index < -0.39 is 12.0 Å². The monoisotopic (exact) mass is 284 g/mol. The third kappa shape index (κ3) is 5.12. The van der Waals surface area contributed by atoms with Crippen LogP contribution in [0, 0.1) is 11.8 Å². The van der Waals surface area contributed by atoms with Crippen LogP contribution in [0.15, 0.2) is 0 Å². The van der Waals surface area contributed by atoms with Gasteiger partial charge in [0.25, 0.3) is 0 Å². The average Bonchev–Trinajstić information content (AvgIpc) is 2.62. The fourth-order valence-corrected chi connectivity index (χ4v) is 2.96. The van der Waals surface area contributed by atoms with Crippen LogP contribution in [0.5, 0.6) is 0 Å². The zero-order valence-corrected chi connectivity index (χ0v) is 12.7. The lowest BCUT2D eigenvalue weighted by Gasteiger charge is -2.29. The second-order valence-electron chi connectivity index (χ2n) is 6.23. The van der Waals surface area contributed by atoms with Crippen molar-refractivity contribution in [1.82, 2.24) is 4.90 Å². The van der Waals surface area contributed by atoms with Gasteiger partial charge >= 0.3 is 5.97 Å². The van der Waals surface area contributed by atoms with Gasteiger partial charge < -0.3 is 15.7 Å². The van der Waals surface area contributed by atoms with E-state index in [0.29, 0.717) is 31.8 Å². The Morgan fingerprint density at radius 2 is 2.00 bits per heavy atom. The summed E-state index contributed by atoms with van der Waals surface area (Å²) in [6, 6.07) is -0.650. The molecule has 1 rings (SSSR count). The van der Waals surface area contributed by atoms with Gasteiger partial charge in [-0.3, -0.25) is 4.79 Å². The molecule has 5 nitrogen and oxygen atoms in total. The second-order valence-corrected chi connectivity index (χ2v) is 6.23. The SMILES string of the molecule is CC(C)CC(CN)CC(=O)N1CCCCCC1C(=O)O. The molecule has 0 radical (unpaired) electrons. The summed E-state index contributed by atoms with van der Waals surface area (Å²) in [7, 11) is 0. The van der Waals surface area contributed by atoms with Crippen LogP contribution in [0.1, 0.15) is 52.4 Å². The van der Waals surface area contributed by atoms with E-state index in [4.69, 9.17) is 5.73 Å². The predicted octanol–water partition coefficient (Wildman–Crippen LogP) is 1.85. The number of aliphatic carboxylic acids is 1. The fraction of sp³-hybridized carbons (Fsp3) is 0.867. The van der Waals surface area contributed by atoms with Gasteiger partial charge in [0.2, 0.25) is 5.91 Å². The molecular formula is C15H28N2O3. The summed E-state index contributed by atoms with van der Waals surface area (Å²) in [6.45, 7) is 5.27. The molecule has 1 aliphatic rings. The van der Waals surface area contributed by atoms with Gasteiger partial charge in [-0.05, 0) is 37.6 Å². The van der Waals surface area contributed by atoms with E-state index in [1.54, 1.807) is 4.90 Å². The molecule has 0 aromatic heterocycles. The number of carbonyl (C=O) groups excluding carboxylic acids is 1. The molecule has 0 aliphatic carbocycles. The third-order valence-electron chi connectivity index (χ3n) is 3.96. The highest BCUT2D eigenvalue weighted by Gasteiger charge is 2.31.